The molecule has 0 saturated carbocycles. The molecule has 158 valence electrons. The van der Waals surface area contributed by atoms with Crippen LogP contribution >= 0.6 is 0 Å². The number of hydrogen-bond donors (Lipinski definition) is 0. The highest BCUT2D eigenvalue weighted by Crippen LogP contribution is 2.18. The standard InChI is InChI=1S/C28H29NO2/c1(2-9-20-30-26-14-5-3-6-15-26)4-11-23-12-10-16-27(21-23)31-22-25-19-18-24-13-7-8-17-28(24)29-25/h3,5-8,10,12-19,21H,1-2,4,9,11,20,22H2. The second-order valence-corrected chi connectivity index (χ2v) is 7.76. The minimum absolute atomic E-state index is 0.482. The molecule has 0 aliphatic carbocycles. The van der Waals surface area contributed by atoms with Crippen LogP contribution in [-0.4, -0.2) is 11.6 Å². The SMILES string of the molecule is c1ccc(OCCCCCCc2cccc(OCc3ccc4ccccc4n3)c2)cc1. The Balaban J connectivity index is 1.16. The van der Waals surface area contributed by atoms with Gasteiger partial charge in [-0.2, -0.15) is 0 Å². The first kappa shape index (κ1) is 20.9. The van der Waals surface area contributed by atoms with Crippen LogP contribution in [0, 0.1) is 0 Å². The molecule has 0 atom stereocenters. The highest BCUT2D eigenvalue weighted by atomic mass is 16.5. The predicted molar refractivity (Wildman–Crippen MR) is 127 cm³/mol. The van der Waals surface area contributed by atoms with Crippen molar-refractivity contribution < 1.29 is 9.47 Å². The third-order valence-corrected chi connectivity index (χ3v) is 5.31. The van der Waals surface area contributed by atoms with Gasteiger partial charge < -0.3 is 9.47 Å². The molecule has 0 aliphatic rings. The number of aromatic nitrogens is 1. The van der Waals surface area contributed by atoms with Gasteiger partial charge in [0.05, 0.1) is 17.8 Å². The Morgan fingerprint density at radius 2 is 1.42 bits per heavy atom. The molecule has 0 bridgehead atoms. The number of para-hydroxylation sites is 2. The highest BCUT2D eigenvalue weighted by Gasteiger charge is 2.02. The van der Waals surface area contributed by atoms with E-state index in [0.717, 1.165) is 47.5 Å². The molecule has 3 heteroatoms. The molecule has 1 aromatic heterocycles. The Bertz CT molecular complexity index is 1080. The van der Waals surface area contributed by atoms with Gasteiger partial charge in [-0.1, -0.05) is 67.4 Å². The van der Waals surface area contributed by atoms with E-state index in [1.165, 1.54) is 24.8 Å². The molecule has 0 radical (unpaired) electrons. The fourth-order valence-electron chi connectivity index (χ4n) is 3.63. The van der Waals surface area contributed by atoms with Crippen molar-refractivity contribution in [3.05, 3.63) is 102 Å². The Morgan fingerprint density at radius 1 is 0.613 bits per heavy atom. The van der Waals surface area contributed by atoms with Gasteiger partial charge in [0, 0.05) is 5.39 Å². The lowest BCUT2D eigenvalue weighted by molar-refractivity contribution is 0.301. The van der Waals surface area contributed by atoms with Crippen molar-refractivity contribution in [1.29, 1.82) is 0 Å². The van der Waals surface area contributed by atoms with E-state index in [1.807, 2.05) is 60.7 Å². The number of pyridine rings is 1. The topological polar surface area (TPSA) is 31.4 Å². The van der Waals surface area contributed by atoms with E-state index >= 15 is 0 Å². The molecule has 4 aromatic rings. The van der Waals surface area contributed by atoms with Crippen molar-refractivity contribution in [2.24, 2.45) is 0 Å². The summed E-state index contributed by atoms with van der Waals surface area (Å²) in [5.74, 6) is 1.86. The quantitative estimate of drug-likeness (QED) is 0.249. The molecule has 0 amide bonds. The van der Waals surface area contributed by atoms with Crippen LogP contribution in [0.1, 0.15) is 36.9 Å². The molecule has 3 aromatic carbocycles. The highest BCUT2D eigenvalue weighted by molar-refractivity contribution is 5.78. The van der Waals surface area contributed by atoms with Crippen molar-refractivity contribution in [2.45, 2.75) is 38.7 Å². The van der Waals surface area contributed by atoms with Gasteiger partial charge in [-0.05, 0) is 61.2 Å². The zero-order chi connectivity index (χ0) is 21.1. The van der Waals surface area contributed by atoms with Gasteiger partial charge in [0.2, 0.25) is 0 Å². The van der Waals surface area contributed by atoms with Crippen LogP contribution in [0.25, 0.3) is 10.9 Å². The number of unbranched alkanes of at least 4 members (excludes halogenated alkanes) is 3. The zero-order valence-corrected chi connectivity index (χ0v) is 17.9. The Kier molecular flexibility index (Phi) is 7.54. The summed E-state index contributed by atoms with van der Waals surface area (Å²) in [6, 6.07) is 30.7. The number of nitrogens with zero attached hydrogens (tertiary/aromatic N) is 1. The summed E-state index contributed by atoms with van der Waals surface area (Å²) in [6.45, 7) is 1.27. The lowest BCUT2D eigenvalue weighted by Crippen LogP contribution is -1.99. The van der Waals surface area contributed by atoms with Crippen molar-refractivity contribution in [1.82, 2.24) is 4.98 Å². The molecule has 0 fully saturated rings. The summed E-state index contributed by atoms with van der Waals surface area (Å²) in [7, 11) is 0. The first-order chi connectivity index (χ1) is 15.4. The van der Waals surface area contributed by atoms with E-state index in [0.29, 0.717) is 6.61 Å². The maximum atomic E-state index is 6.00. The maximum absolute atomic E-state index is 6.00. The normalized spacial score (nSPS) is 10.8. The summed E-state index contributed by atoms with van der Waals surface area (Å²) >= 11 is 0. The molecule has 4 rings (SSSR count). The maximum Gasteiger partial charge on any atom is 0.130 e. The van der Waals surface area contributed by atoms with Crippen molar-refractivity contribution in [3.63, 3.8) is 0 Å². The molecule has 0 unspecified atom stereocenters. The second-order valence-electron chi connectivity index (χ2n) is 7.76. The predicted octanol–water partition coefficient (Wildman–Crippen LogP) is 7.00. The number of hydrogen-bond acceptors (Lipinski definition) is 3. The monoisotopic (exact) mass is 411 g/mol. The van der Waals surface area contributed by atoms with E-state index in [1.54, 1.807) is 0 Å². The Morgan fingerprint density at radius 3 is 2.35 bits per heavy atom. The summed E-state index contributed by atoms with van der Waals surface area (Å²) in [6.07, 6.45) is 5.75. The molecule has 0 N–H and O–H groups in total. The van der Waals surface area contributed by atoms with Gasteiger partial charge >= 0.3 is 0 Å². The minimum Gasteiger partial charge on any atom is -0.494 e. The second kappa shape index (κ2) is 11.2. The Labute approximate surface area is 184 Å². The van der Waals surface area contributed by atoms with Crippen molar-refractivity contribution in [3.8, 4) is 11.5 Å². The summed E-state index contributed by atoms with van der Waals surface area (Å²) in [5, 5.41) is 1.15. The lowest BCUT2D eigenvalue weighted by atomic mass is 10.1. The van der Waals surface area contributed by atoms with Gasteiger partial charge in [0.15, 0.2) is 0 Å². The molecule has 0 saturated heterocycles. The van der Waals surface area contributed by atoms with Crippen LogP contribution in [0.3, 0.4) is 0 Å². The zero-order valence-electron chi connectivity index (χ0n) is 17.9. The summed E-state index contributed by atoms with van der Waals surface area (Å²) in [4.78, 5) is 4.68. The molecule has 1 heterocycles. The third kappa shape index (κ3) is 6.58. The van der Waals surface area contributed by atoms with Gasteiger partial charge in [-0.3, -0.25) is 0 Å². The van der Waals surface area contributed by atoms with E-state index in [2.05, 4.69) is 35.3 Å². The van der Waals surface area contributed by atoms with Crippen LogP contribution in [-0.2, 0) is 13.0 Å². The Hall–Kier alpha value is -3.33. The molecule has 31 heavy (non-hydrogen) atoms. The number of rotatable bonds is 11. The lowest BCUT2D eigenvalue weighted by Gasteiger charge is -2.09. The molecule has 0 spiro atoms. The summed E-state index contributed by atoms with van der Waals surface area (Å²) < 4.78 is 11.8. The fourth-order valence-corrected chi connectivity index (χ4v) is 3.63. The number of ether oxygens (including phenoxy) is 2. The van der Waals surface area contributed by atoms with E-state index in [-0.39, 0.29) is 0 Å². The van der Waals surface area contributed by atoms with Gasteiger partial charge in [0.25, 0.3) is 0 Å². The van der Waals surface area contributed by atoms with Crippen LogP contribution in [0.2, 0.25) is 0 Å². The average Bonchev–Trinajstić information content (AvgIpc) is 2.83. The van der Waals surface area contributed by atoms with E-state index in [4.69, 9.17) is 9.47 Å². The van der Waals surface area contributed by atoms with Crippen molar-refractivity contribution >= 4 is 10.9 Å². The number of fused-ring (bicyclic) bond motifs is 1. The van der Waals surface area contributed by atoms with E-state index < -0.39 is 0 Å². The van der Waals surface area contributed by atoms with Crippen LogP contribution in [0.15, 0.2) is 91.0 Å². The third-order valence-electron chi connectivity index (χ3n) is 5.31. The largest absolute Gasteiger partial charge is 0.494 e. The van der Waals surface area contributed by atoms with Crippen LogP contribution in [0.5, 0.6) is 11.5 Å². The number of benzene rings is 3. The molecular weight excluding hydrogens is 382 g/mol. The van der Waals surface area contributed by atoms with Gasteiger partial charge in [-0.25, -0.2) is 4.98 Å². The van der Waals surface area contributed by atoms with Crippen molar-refractivity contribution in [2.75, 3.05) is 6.61 Å². The van der Waals surface area contributed by atoms with Gasteiger partial charge in [-0.15, -0.1) is 0 Å². The fraction of sp³-hybridized carbons (Fsp3) is 0.250. The van der Waals surface area contributed by atoms with Crippen LogP contribution < -0.4 is 9.47 Å². The first-order valence-corrected chi connectivity index (χ1v) is 11.1. The minimum atomic E-state index is 0.482. The van der Waals surface area contributed by atoms with Gasteiger partial charge in [0.1, 0.15) is 18.1 Å². The molecular formula is C28H29NO2. The molecule has 3 nitrogen and oxygen atoms in total. The van der Waals surface area contributed by atoms with E-state index in [9.17, 15) is 0 Å². The smallest absolute Gasteiger partial charge is 0.130 e. The number of aryl methyl sites for hydroxylation is 1. The van der Waals surface area contributed by atoms with Crippen LogP contribution in [0.4, 0.5) is 0 Å². The average molecular weight is 412 g/mol. The summed E-state index contributed by atoms with van der Waals surface area (Å²) in [5.41, 5.74) is 3.28. The molecule has 0 aliphatic heterocycles. The first-order valence-electron chi connectivity index (χ1n) is 11.1.